The summed E-state index contributed by atoms with van der Waals surface area (Å²) in [7, 11) is -5.04. The molecule has 0 saturated carbocycles. The van der Waals surface area contributed by atoms with Crippen LogP contribution in [0, 0.1) is 0 Å². The normalized spacial score (nSPS) is 13.6. The number of fused-ring (bicyclic) bond motifs is 5. The lowest BCUT2D eigenvalue weighted by atomic mass is 10.1. The van der Waals surface area contributed by atoms with E-state index in [1.165, 1.54) is 26.7 Å². The molecule has 6 heteroatoms. The lowest BCUT2D eigenvalue weighted by molar-refractivity contribution is 0.483. The topological polar surface area (TPSA) is 44.1 Å². The molecule has 0 aliphatic carbocycles. The Kier molecular flexibility index (Phi) is 5.84. The Labute approximate surface area is 251 Å². The zero-order valence-corrected chi connectivity index (χ0v) is 25.8. The van der Waals surface area contributed by atoms with Gasteiger partial charge >= 0.3 is 0 Å². The van der Waals surface area contributed by atoms with Crippen LogP contribution in [0.2, 0.25) is 13.1 Å². The molecule has 1 aliphatic rings. The van der Waals surface area contributed by atoms with Gasteiger partial charge in [0.2, 0.25) is 0 Å². The minimum atomic E-state index is -3.12. The average molecular weight is 593 g/mol. The van der Waals surface area contributed by atoms with Crippen LogP contribution >= 0.6 is 7.14 Å². The van der Waals surface area contributed by atoms with E-state index >= 15 is 0 Å². The number of rotatable bonds is 5. The van der Waals surface area contributed by atoms with Gasteiger partial charge in [-0.25, -0.2) is 4.98 Å². The van der Waals surface area contributed by atoms with Gasteiger partial charge in [0.15, 0.2) is 7.14 Å². The Balaban J connectivity index is 1.26. The minimum Gasteiger partial charge on any atom is -0.457 e. The highest BCUT2D eigenvalue weighted by Crippen LogP contribution is 2.43. The third-order valence-electron chi connectivity index (χ3n) is 8.76. The first kappa shape index (κ1) is 26.0. The summed E-state index contributed by atoms with van der Waals surface area (Å²) < 4.78 is 23.8. The maximum atomic E-state index is 14.9. The van der Waals surface area contributed by atoms with Crippen LogP contribution in [-0.4, -0.2) is 17.6 Å². The van der Waals surface area contributed by atoms with Gasteiger partial charge in [-0.15, -0.1) is 0 Å². The second-order valence-electron chi connectivity index (χ2n) is 11.6. The summed E-state index contributed by atoms with van der Waals surface area (Å²) >= 11 is 0. The van der Waals surface area contributed by atoms with Gasteiger partial charge in [0, 0.05) is 38.9 Å². The Bertz CT molecular complexity index is 2180. The monoisotopic (exact) mass is 592 g/mol. The molecular weight excluding hydrogens is 563 g/mol. The highest BCUT2D eigenvalue weighted by atomic mass is 31.2. The summed E-state index contributed by atoms with van der Waals surface area (Å²) in [5.74, 6) is 2.38. The standard InChI is InChI=1S/C37H29N2O2PSi/c1-43(2)34-19-10-18-32-31-22-21-27(25-33(31)39(36(32)34)37-35(43)20-11-23-38-37)41-26-12-9-17-30(24-26)42(40,28-13-5-3-6-14-28)29-15-7-4-8-16-29/h3-25H,1-2H3. The molecule has 0 bridgehead atoms. The van der Waals surface area contributed by atoms with E-state index in [2.05, 4.69) is 60.1 Å². The summed E-state index contributed by atoms with van der Waals surface area (Å²) in [6.45, 7) is 4.82. The van der Waals surface area contributed by atoms with Gasteiger partial charge in [-0.05, 0) is 40.7 Å². The molecule has 5 aromatic carbocycles. The van der Waals surface area contributed by atoms with Crippen LogP contribution in [0.15, 0.2) is 140 Å². The van der Waals surface area contributed by atoms with Gasteiger partial charge in [-0.3, -0.25) is 4.57 Å². The van der Waals surface area contributed by atoms with Crippen molar-refractivity contribution in [2.45, 2.75) is 13.1 Å². The zero-order valence-electron chi connectivity index (χ0n) is 23.9. The SMILES string of the molecule is C[Si]1(C)c2cccnc2-n2c3cc(Oc4cccc(P(=O)(c5ccccc5)c5ccccc5)c4)ccc3c3cccc1c32. The zero-order chi connectivity index (χ0) is 29.2. The minimum absolute atomic E-state index is 0.645. The number of pyridine rings is 1. The highest BCUT2D eigenvalue weighted by molar-refractivity contribution is 7.85. The van der Waals surface area contributed by atoms with E-state index in [9.17, 15) is 4.57 Å². The van der Waals surface area contributed by atoms with Gasteiger partial charge in [0.1, 0.15) is 25.4 Å². The summed E-state index contributed by atoms with van der Waals surface area (Å²) in [5.41, 5.74) is 2.32. The average Bonchev–Trinajstić information content (AvgIpc) is 3.38. The Morgan fingerprint density at radius 2 is 1.28 bits per heavy atom. The molecular formula is C37H29N2O2PSi. The number of hydrogen-bond acceptors (Lipinski definition) is 3. The summed E-state index contributed by atoms with van der Waals surface area (Å²) in [4.78, 5) is 4.90. The molecule has 0 unspecified atom stereocenters. The Morgan fingerprint density at radius 3 is 2.02 bits per heavy atom. The first-order valence-electron chi connectivity index (χ1n) is 14.5. The molecule has 0 N–H and O–H groups in total. The van der Waals surface area contributed by atoms with Gasteiger partial charge in [0.25, 0.3) is 0 Å². The van der Waals surface area contributed by atoms with Crippen molar-refractivity contribution < 1.29 is 9.30 Å². The van der Waals surface area contributed by atoms with Crippen LogP contribution in [0.3, 0.4) is 0 Å². The molecule has 7 aromatic rings. The molecule has 3 heterocycles. The van der Waals surface area contributed by atoms with Crippen molar-refractivity contribution in [1.29, 1.82) is 0 Å². The quantitative estimate of drug-likeness (QED) is 0.164. The van der Waals surface area contributed by atoms with Gasteiger partial charge < -0.3 is 9.30 Å². The Morgan fingerprint density at radius 1 is 0.628 bits per heavy atom. The summed E-state index contributed by atoms with van der Waals surface area (Å²) in [6, 6.07) is 44.4. The fraction of sp³-hybridized carbons (Fsp3) is 0.0541. The molecule has 2 aromatic heterocycles. The molecule has 4 nitrogen and oxygen atoms in total. The fourth-order valence-electron chi connectivity index (χ4n) is 6.64. The van der Waals surface area contributed by atoms with E-state index in [1.54, 1.807) is 0 Å². The van der Waals surface area contributed by atoms with Crippen molar-refractivity contribution in [3.8, 4) is 17.3 Å². The van der Waals surface area contributed by atoms with Crippen molar-refractivity contribution in [1.82, 2.24) is 9.55 Å². The number of nitrogens with zero attached hydrogens (tertiary/aromatic N) is 2. The van der Waals surface area contributed by atoms with E-state index in [0.717, 1.165) is 33.0 Å². The predicted octanol–water partition coefficient (Wildman–Crippen LogP) is 6.75. The van der Waals surface area contributed by atoms with E-state index in [4.69, 9.17) is 9.72 Å². The lowest BCUT2D eigenvalue weighted by Gasteiger charge is -2.31. The molecule has 1 aliphatic heterocycles. The molecule has 0 fully saturated rings. The van der Waals surface area contributed by atoms with E-state index < -0.39 is 15.2 Å². The van der Waals surface area contributed by atoms with Crippen molar-refractivity contribution in [3.63, 3.8) is 0 Å². The largest absolute Gasteiger partial charge is 0.457 e. The first-order chi connectivity index (χ1) is 21.0. The number of benzene rings is 5. The van der Waals surface area contributed by atoms with Crippen LogP contribution < -0.4 is 31.0 Å². The lowest BCUT2D eigenvalue weighted by Crippen LogP contribution is -2.57. The molecule has 0 spiro atoms. The van der Waals surface area contributed by atoms with Crippen molar-refractivity contribution in [2.24, 2.45) is 0 Å². The van der Waals surface area contributed by atoms with Gasteiger partial charge in [-0.1, -0.05) is 110 Å². The molecule has 208 valence electrons. The highest BCUT2D eigenvalue weighted by Gasteiger charge is 2.37. The smallest absolute Gasteiger partial charge is 0.171 e. The predicted molar refractivity (Wildman–Crippen MR) is 181 cm³/mol. The van der Waals surface area contributed by atoms with Crippen molar-refractivity contribution in [3.05, 3.63) is 140 Å². The first-order valence-corrected chi connectivity index (χ1v) is 19.2. The summed E-state index contributed by atoms with van der Waals surface area (Å²) in [6.07, 6.45) is 1.89. The molecule has 0 saturated heterocycles. The molecule has 8 rings (SSSR count). The van der Waals surface area contributed by atoms with Crippen LogP contribution in [0.5, 0.6) is 11.5 Å². The second kappa shape index (κ2) is 9.67. The maximum Gasteiger partial charge on any atom is 0.171 e. The summed E-state index contributed by atoms with van der Waals surface area (Å²) in [5, 5.41) is 7.52. The second-order valence-corrected chi connectivity index (χ2v) is 18.7. The van der Waals surface area contributed by atoms with E-state index in [-0.39, 0.29) is 0 Å². The number of hydrogen-bond donors (Lipinski definition) is 0. The third-order valence-corrected chi connectivity index (χ3v) is 15.3. The number of para-hydroxylation sites is 1. The van der Waals surface area contributed by atoms with Crippen LogP contribution in [-0.2, 0) is 4.57 Å². The van der Waals surface area contributed by atoms with E-state index in [0.29, 0.717) is 5.75 Å². The van der Waals surface area contributed by atoms with Crippen LogP contribution in [0.4, 0.5) is 0 Å². The van der Waals surface area contributed by atoms with Crippen molar-refractivity contribution in [2.75, 3.05) is 0 Å². The molecule has 43 heavy (non-hydrogen) atoms. The van der Waals surface area contributed by atoms with E-state index in [1.807, 2.05) is 97.2 Å². The third kappa shape index (κ3) is 3.89. The van der Waals surface area contributed by atoms with Gasteiger partial charge in [-0.2, -0.15) is 0 Å². The molecule has 0 atom stereocenters. The van der Waals surface area contributed by atoms with Crippen LogP contribution in [0.25, 0.3) is 27.6 Å². The van der Waals surface area contributed by atoms with Crippen LogP contribution in [0.1, 0.15) is 0 Å². The Hall–Kier alpha value is -4.70. The van der Waals surface area contributed by atoms with Gasteiger partial charge in [0.05, 0.1) is 11.0 Å². The maximum absolute atomic E-state index is 14.9. The molecule has 0 radical (unpaired) electrons. The number of aromatic nitrogens is 2. The fourth-order valence-corrected chi connectivity index (χ4v) is 12.2. The van der Waals surface area contributed by atoms with Crippen molar-refractivity contribution >= 4 is 63.3 Å². The molecule has 0 amide bonds. The number of ether oxygens (including phenoxy) is 1.